The first-order valence-corrected chi connectivity index (χ1v) is 9.15. The molecular weight excluding hydrogens is 330 g/mol. The van der Waals surface area contributed by atoms with Crippen molar-refractivity contribution in [2.24, 2.45) is 7.05 Å². The third-order valence-electron chi connectivity index (χ3n) is 4.92. The maximum Gasteiger partial charge on any atom is 0.170 e. The fourth-order valence-corrected chi connectivity index (χ4v) is 3.79. The molecule has 1 aliphatic heterocycles. The predicted octanol–water partition coefficient (Wildman–Crippen LogP) is 2.65. The van der Waals surface area contributed by atoms with Crippen LogP contribution in [0.3, 0.4) is 0 Å². The topological polar surface area (TPSA) is 36.3 Å². The maximum absolute atomic E-state index is 5.69. The zero-order chi connectivity index (χ0) is 18.0. The number of nitrogens with zero attached hydrogens (tertiary/aromatic N) is 4. The van der Waals surface area contributed by atoms with Crippen molar-refractivity contribution in [3.63, 3.8) is 0 Å². The van der Waals surface area contributed by atoms with Crippen LogP contribution in [-0.4, -0.2) is 51.6 Å². The van der Waals surface area contributed by atoms with Crippen LogP contribution in [-0.2, 0) is 7.05 Å². The van der Waals surface area contributed by atoms with Gasteiger partial charge in [-0.25, -0.2) is 0 Å². The fraction of sp³-hybridized carbons (Fsp3) is 0.474. The number of rotatable bonds is 6. The highest BCUT2D eigenvalue weighted by Gasteiger charge is 2.40. The summed E-state index contributed by atoms with van der Waals surface area (Å²) >= 11 is 5.69. The molecule has 25 heavy (non-hydrogen) atoms. The van der Waals surface area contributed by atoms with Crippen LogP contribution in [0.4, 0.5) is 0 Å². The lowest BCUT2D eigenvalue weighted by molar-refractivity contribution is 0.284. The average molecular weight is 358 g/mol. The Morgan fingerprint density at radius 1 is 1.24 bits per heavy atom. The Kier molecular flexibility index (Phi) is 5.39. The monoisotopic (exact) mass is 357 g/mol. The van der Waals surface area contributed by atoms with Gasteiger partial charge >= 0.3 is 0 Å². The quantitative estimate of drug-likeness (QED) is 0.805. The highest BCUT2D eigenvalue weighted by atomic mass is 32.1. The minimum Gasteiger partial charge on any atom is -0.352 e. The molecule has 0 amide bonds. The standard InChI is InChI=1S/C19H27N5S/c1-14-9-10-16(23(14)4)18-17(15-8-5-6-11-20-15)21-19(25)24(18)13-7-12-22(2)3/h5-6,8-11,17-18H,7,12-13H2,1-4H3,(H,21,25)/t17-,18+/m0/s1. The fourth-order valence-electron chi connectivity index (χ4n) is 3.46. The van der Waals surface area contributed by atoms with Crippen molar-refractivity contribution < 1.29 is 0 Å². The Morgan fingerprint density at radius 2 is 2.04 bits per heavy atom. The zero-order valence-corrected chi connectivity index (χ0v) is 16.3. The van der Waals surface area contributed by atoms with Gasteiger partial charge in [0, 0.05) is 31.2 Å². The van der Waals surface area contributed by atoms with Crippen LogP contribution < -0.4 is 5.32 Å². The van der Waals surface area contributed by atoms with Crippen molar-refractivity contribution in [3.8, 4) is 0 Å². The van der Waals surface area contributed by atoms with Gasteiger partial charge in [-0.2, -0.15) is 0 Å². The van der Waals surface area contributed by atoms with E-state index < -0.39 is 0 Å². The third kappa shape index (κ3) is 3.70. The van der Waals surface area contributed by atoms with E-state index in [0.29, 0.717) is 0 Å². The summed E-state index contributed by atoms with van der Waals surface area (Å²) in [7, 11) is 6.34. The molecular formula is C19H27N5S. The summed E-state index contributed by atoms with van der Waals surface area (Å²) in [5.74, 6) is 0. The number of thiocarbonyl (C=S) groups is 1. The van der Waals surface area contributed by atoms with Crippen molar-refractivity contribution in [1.82, 2.24) is 24.7 Å². The third-order valence-corrected chi connectivity index (χ3v) is 5.27. The maximum atomic E-state index is 5.69. The Hall–Kier alpha value is -1.92. The minimum absolute atomic E-state index is 0.0704. The molecule has 2 atom stereocenters. The van der Waals surface area contributed by atoms with E-state index in [9.17, 15) is 0 Å². The normalized spacial score (nSPS) is 20.4. The molecule has 3 heterocycles. The van der Waals surface area contributed by atoms with E-state index in [4.69, 9.17) is 12.2 Å². The second kappa shape index (κ2) is 7.54. The smallest absolute Gasteiger partial charge is 0.170 e. The molecule has 134 valence electrons. The van der Waals surface area contributed by atoms with Crippen LogP contribution in [0.5, 0.6) is 0 Å². The van der Waals surface area contributed by atoms with Gasteiger partial charge in [0.1, 0.15) is 0 Å². The van der Waals surface area contributed by atoms with Gasteiger partial charge in [0.05, 0.1) is 17.8 Å². The Labute approximate surface area is 155 Å². The van der Waals surface area contributed by atoms with Crippen molar-refractivity contribution >= 4 is 17.3 Å². The lowest BCUT2D eigenvalue weighted by Crippen LogP contribution is -2.33. The van der Waals surface area contributed by atoms with Gasteiger partial charge in [-0.3, -0.25) is 4.98 Å². The summed E-state index contributed by atoms with van der Waals surface area (Å²) in [6.07, 6.45) is 2.92. The molecule has 6 heteroatoms. The molecule has 3 rings (SSSR count). The first-order valence-electron chi connectivity index (χ1n) is 8.74. The van der Waals surface area contributed by atoms with Crippen molar-refractivity contribution in [3.05, 3.63) is 53.6 Å². The van der Waals surface area contributed by atoms with E-state index >= 15 is 0 Å². The molecule has 0 spiro atoms. The van der Waals surface area contributed by atoms with Crippen molar-refractivity contribution in [1.29, 1.82) is 0 Å². The molecule has 2 aromatic heterocycles. The summed E-state index contributed by atoms with van der Waals surface area (Å²) in [6.45, 7) is 4.12. The molecule has 1 saturated heterocycles. The largest absolute Gasteiger partial charge is 0.352 e. The molecule has 0 unspecified atom stereocenters. The van der Waals surface area contributed by atoms with Crippen LogP contribution >= 0.6 is 12.2 Å². The van der Waals surface area contributed by atoms with E-state index in [-0.39, 0.29) is 12.1 Å². The summed E-state index contributed by atoms with van der Waals surface area (Å²) in [4.78, 5) is 9.12. The van der Waals surface area contributed by atoms with Gasteiger partial charge in [0.25, 0.3) is 0 Å². The number of nitrogens with one attached hydrogen (secondary N) is 1. The van der Waals surface area contributed by atoms with Crippen LogP contribution in [0.15, 0.2) is 36.5 Å². The van der Waals surface area contributed by atoms with Gasteiger partial charge in [-0.05, 0) is 70.5 Å². The number of hydrogen-bond acceptors (Lipinski definition) is 3. The summed E-state index contributed by atoms with van der Waals surface area (Å²) in [6, 6.07) is 10.7. The van der Waals surface area contributed by atoms with Crippen LogP contribution in [0.2, 0.25) is 0 Å². The van der Waals surface area contributed by atoms with Gasteiger partial charge in [0.15, 0.2) is 5.11 Å². The molecule has 1 fully saturated rings. The molecule has 0 radical (unpaired) electrons. The van der Waals surface area contributed by atoms with Gasteiger partial charge in [0.2, 0.25) is 0 Å². The first kappa shape index (κ1) is 17.9. The molecule has 5 nitrogen and oxygen atoms in total. The van der Waals surface area contributed by atoms with E-state index in [1.54, 1.807) is 0 Å². The van der Waals surface area contributed by atoms with E-state index in [1.165, 1.54) is 11.4 Å². The zero-order valence-electron chi connectivity index (χ0n) is 15.4. The van der Waals surface area contributed by atoms with Crippen LogP contribution in [0, 0.1) is 6.92 Å². The molecule has 0 saturated carbocycles. The lowest BCUT2D eigenvalue weighted by atomic mass is 10.0. The molecule has 0 bridgehead atoms. The van der Waals surface area contributed by atoms with Gasteiger partial charge < -0.3 is 19.7 Å². The van der Waals surface area contributed by atoms with Crippen LogP contribution in [0.1, 0.15) is 35.6 Å². The summed E-state index contributed by atoms with van der Waals surface area (Å²) in [5, 5.41) is 4.33. The number of aryl methyl sites for hydroxylation is 1. The minimum atomic E-state index is 0.0704. The van der Waals surface area contributed by atoms with E-state index in [2.05, 4.69) is 70.9 Å². The Balaban J connectivity index is 1.93. The van der Waals surface area contributed by atoms with Crippen molar-refractivity contribution in [2.45, 2.75) is 25.4 Å². The SMILES string of the molecule is Cc1ccc([C@@H]2[C@H](c3ccccn3)NC(=S)N2CCCN(C)C)n1C. The summed E-state index contributed by atoms with van der Waals surface area (Å²) < 4.78 is 2.26. The average Bonchev–Trinajstić information content (AvgIpc) is 3.09. The molecule has 0 aliphatic carbocycles. The van der Waals surface area contributed by atoms with E-state index in [1.807, 2.05) is 18.3 Å². The lowest BCUT2D eigenvalue weighted by Gasteiger charge is -2.29. The predicted molar refractivity (Wildman–Crippen MR) is 105 cm³/mol. The first-order chi connectivity index (χ1) is 12.0. The number of aromatic nitrogens is 2. The molecule has 0 aromatic carbocycles. The van der Waals surface area contributed by atoms with Crippen LogP contribution in [0.25, 0.3) is 0 Å². The second-order valence-electron chi connectivity index (χ2n) is 6.94. The van der Waals surface area contributed by atoms with Gasteiger partial charge in [-0.15, -0.1) is 0 Å². The Morgan fingerprint density at radius 3 is 2.64 bits per heavy atom. The molecule has 1 aliphatic rings. The summed E-state index contributed by atoms with van der Waals surface area (Å²) in [5.41, 5.74) is 3.55. The second-order valence-corrected chi connectivity index (χ2v) is 7.32. The molecule has 2 aromatic rings. The van der Waals surface area contributed by atoms with E-state index in [0.717, 1.165) is 30.3 Å². The highest BCUT2D eigenvalue weighted by Crippen LogP contribution is 2.38. The van der Waals surface area contributed by atoms with Gasteiger partial charge in [-0.1, -0.05) is 6.07 Å². The Bertz CT molecular complexity index is 725. The number of hydrogen-bond donors (Lipinski definition) is 1. The number of pyridine rings is 1. The van der Waals surface area contributed by atoms with Crippen molar-refractivity contribution in [2.75, 3.05) is 27.2 Å². The highest BCUT2D eigenvalue weighted by molar-refractivity contribution is 7.80. The molecule has 1 N–H and O–H groups in total.